The van der Waals surface area contributed by atoms with Crippen molar-refractivity contribution >= 4 is 29.3 Å². The molecule has 0 radical (unpaired) electrons. The van der Waals surface area contributed by atoms with Gasteiger partial charge < -0.3 is 5.11 Å². The summed E-state index contributed by atoms with van der Waals surface area (Å²) in [5.41, 5.74) is 1.05. The lowest BCUT2D eigenvalue weighted by Gasteiger charge is -2.08. The molecule has 0 aliphatic carbocycles. The summed E-state index contributed by atoms with van der Waals surface area (Å²) >= 11 is 7.34. The third-order valence-corrected chi connectivity index (χ3v) is 4.41. The standard InChI is InChI=1S/C10H9ClO2S/c1-5-6-3-2-4-7(11)9(6)14-8(5)10(12)13/h2-5,8H,1H3,(H,12,13). The molecule has 4 heteroatoms. The van der Waals surface area contributed by atoms with Crippen molar-refractivity contribution in [3.63, 3.8) is 0 Å². The van der Waals surface area contributed by atoms with Crippen molar-refractivity contribution in [3.8, 4) is 0 Å². The Labute approximate surface area is 91.3 Å². The van der Waals surface area contributed by atoms with Crippen molar-refractivity contribution in [1.82, 2.24) is 0 Å². The summed E-state index contributed by atoms with van der Waals surface area (Å²) in [7, 11) is 0. The van der Waals surface area contributed by atoms with Gasteiger partial charge in [0.15, 0.2) is 0 Å². The number of rotatable bonds is 1. The quantitative estimate of drug-likeness (QED) is 0.803. The predicted octanol–water partition coefficient (Wildman–Crippen LogP) is 3.00. The second kappa shape index (κ2) is 3.48. The number of thioether (sulfide) groups is 1. The number of aliphatic carboxylic acids is 1. The van der Waals surface area contributed by atoms with Crippen LogP contribution in [0.25, 0.3) is 0 Å². The van der Waals surface area contributed by atoms with Gasteiger partial charge in [-0.2, -0.15) is 0 Å². The van der Waals surface area contributed by atoms with Gasteiger partial charge in [-0.05, 0) is 11.6 Å². The van der Waals surface area contributed by atoms with Crippen LogP contribution >= 0.6 is 23.4 Å². The SMILES string of the molecule is CC1c2cccc(Cl)c2SC1C(=O)O. The number of hydrogen-bond donors (Lipinski definition) is 1. The molecule has 2 nitrogen and oxygen atoms in total. The molecule has 2 rings (SSSR count). The molecule has 74 valence electrons. The van der Waals surface area contributed by atoms with Crippen LogP contribution in [0.3, 0.4) is 0 Å². The molecule has 2 unspecified atom stereocenters. The Kier molecular flexibility index (Phi) is 2.45. The van der Waals surface area contributed by atoms with Crippen molar-refractivity contribution in [3.05, 3.63) is 28.8 Å². The van der Waals surface area contributed by atoms with E-state index in [0.717, 1.165) is 10.5 Å². The van der Waals surface area contributed by atoms with Crippen molar-refractivity contribution in [2.75, 3.05) is 0 Å². The molecule has 1 aliphatic heterocycles. The number of fused-ring (bicyclic) bond motifs is 1. The maximum Gasteiger partial charge on any atom is 0.317 e. The van der Waals surface area contributed by atoms with Crippen LogP contribution in [0.15, 0.2) is 23.1 Å². The average Bonchev–Trinajstić information content (AvgIpc) is 2.46. The molecule has 0 saturated heterocycles. The number of halogens is 1. The number of benzene rings is 1. The van der Waals surface area contributed by atoms with Gasteiger partial charge in [0, 0.05) is 10.8 Å². The molecule has 1 aromatic carbocycles. The second-order valence-electron chi connectivity index (χ2n) is 3.32. The van der Waals surface area contributed by atoms with Crippen LogP contribution in [0.1, 0.15) is 18.4 Å². The van der Waals surface area contributed by atoms with Gasteiger partial charge in [-0.3, -0.25) is 4.79 Å². The molecular formula is C10H9ClO2S. The first-order valence-corrected chi connectivity index (χ1v) is 5.55. The molecule has 0 spiro atoms. The van der Waals surface area contributed by atoms with E-state index in [2.05, 4.69) is 0 Å². The maximum atomic E-state index is 10.9. The van der Waals surface area contributed by atoms with E-state index >= 15 is 0 Å². The summed E-state index contributed by atoms with van der Waals surface area (Å²) in [5, 5.41) is 9.24. The largest absolute Gasteiger partial charge is 0.480 e. The van der Waals surface area contributed by atoms with Crippen LogP contribution in [-0.4, -0.2) is 16.3 Å². The van der Waals surface area contributed by atoms with E-state index in [-0.39, 0.29) is 5.92 Å². The zero-order chi connectivity index (χ0) is 10.3. The minimum Gasteiger partial charge on any atom is -0.480 e. The van der Waals surface area contributed by atoms with Crippen molar-refractivity contribution in [2.45, 2.75) is 23.0 Å². The summed E-state index contributed by atoms with van der Waals surface area (Å²) in [6.07, 6.45) is 0. The van der Waals surface area contributed by atoms with Gasteiger partial charge in [-0.25, -0.2) is 0 Å². The minimum atomic E-state index is -0.769. The van der Waals surface area contributed by atoms with E-state index in [4.69, 9.17) is 16.7 Å². The van der Waals surface area contributed by atoms with Crippen molar-refractivity contribution in [1.29, 1.82) is 0 Å². The smallest absolute Gasteiger partial charge is 0.317 e. The zero-order valence-electron chi connectivity index (χ0n) is 7.53. The fourth-order valence-corrected chi connectivity index (χ4v) is 3.26. The van der Waals surface area contributed by atoms with E-state index in [1.807, 2.05) is 19.1 Å². The maximum absolute atomic E-state index is 10.9. The first-order valence-electron chi connectivity index (χ1n) is 4.29. The Morgan fingerprint density at radius 3 is 2.86 bits per heavy atom. The highest BCUT2D eigenvalue weighted by Crippen LogP contribution is 2.48. The normalized spacial score (nSPS) is 24.7. The number of carbonyl (C=O) groups is 1. The fourth-order valence-electron chi connectivity index (χ4n) is 1.66. The van der Waals surface area contributed by atoms with E-state index in [1.165, 1.54) is 11.8 Å². The fraction of sp³-hybridized carbons (Fsp3) is 0.300. The van der Waals surface area contributed by atoms with Crippen LogP contribution < -0.4 is 0 Å². The van der Waals surface area contributed by atoms with E-state index in [1.54, 1.807) is 6.07 Å². The van der Waals surface area contributed by atoms with Crippen LogP contribution in [-0.2, 0) is 4.79 Å². The molecule has 1 N–H and O–H groups in total. The highest BCUT2D eigenvalue weighted by atomic mass is 35.5. The number of carboxylic acids is 1. The molecule has 1 heterocycles. The van der Waals surface area contributed by atoms with Crippen LogP contribution in [0.5, 0.6) is 0 Å². The molecule has 0 saturated carbocycles. The van der Waals surface area contributed by atoms with Gasteiger partial charge in [0.1, 0.15) is 5.25 Å². The molecule has 0 amide bonds. The first kappa shape index (κ1) is 9.87. The molecule has 2 atom stereocenters. The summed E-state index contributed by atoms with van der Waals surface area (Å²) in [6, 6.07) is 5.61. The lowest BCUT2D eigenvalue weighted by molar-refractivity contribution is -0.136. The lowest BCUT2D eigenvalue weighted by atomic mass is 9.98. The van der Waals surface area contributed by atoms with Crippen LogP contribution in [0.2, 0.25) is 5.02 Å². The molecule has 1 aromatic rings. The van der Waals surface area contributed by atoms with Crippen LogP contribution in [0.4, 0.5) is 0 Å². The Morgan fingerprint density at radius 1 is 1.57 bits per heavy atom. The van der Waals surface area contributed by atoms with Gasteiger partial charge in [0.05, 0.1) is 5.02 Å². The lowest BCUT2D eigenvalue weighted by Crippen LogP contribution is -2.18. The predicted molar refractivity (Wildman–Crippen MR) is 57.1 cm³/mol. The summed E-state index contributed by atoms with van der Waals surface area (Å²) in [4.78, 5) is 11.9. The molecular weight excluding hydrogens is 220 g/mol. The van der Waals surface area contributed by atoms with E-state index in [9.17, 15) is 4.79 Å². The zero-order valence-corrected chi connectivity index (χ0v) is 9.10. The van der Waals surface area contributed by atoms with Gasteiger partial charge in [-0.1, -0.05) is 30.7 Å². The second-order valence-corrected chi connectivity index (χ2v) is 4.88. The van der Waals surface area contributed by atoms with Crippen molar-refractivity contribution in [2.24, 2.45) is 0 Å². The molecule has 0 fully saturated rings. The highest BCUT2D eigenvalue weighted by molar-refractivity contribution is 8.01. The Morgan fingerprint density at radius 2 is 2.29 bits per heavy atom. The molecule has 14 heavy (non-hydrogen) atoms. The van der Waals surface area contributed by atoms with Gasteiger partial charge >= 0.3 is 5.97 Å². The van der Waals surface area contributed by atoms with E-state index < -0.39 is 11.2 Å². The minimum absolute atomic E-state index is 0.0335. The average molecular weight is 229 g/mol. The van der Waals surface area contributed by atoms with Gasteiger partial charge in [-0.15, -0.1) is 11.8 Å². The van der Waals surface area contributed by atoms with Crippen LogP contribution in [0, 0.1) is 0 Å². The number of carboxylic acid groups (broad SMARTS) is 1. The molecule has 1 aliphatic rings. The molecule has 0 aromatic heterocycles. The summed E-state index contributed by atoms with van der Waals surface area (Å²) < 4.78 is 0. The van der Waals surface area contributed by atoms with Crippen molar-refractivity contribution < 1.29 is 9.90 Å². The van der Waals surface area contributed by atoms with E-state index in [0.29, 0.717) is 5.02 Å². The summed E-state index contributed by atoms with van der Waals surface area (Å²) in [6.45, 7) is 1.92. The highest BCUT2D eigenvalue weighted by Gasteiger charge is 2.36. The Bertz CT molecular complexity index is 392. The third kappa shape index (κ3) is 1.41. The third-order valence-electron chi connectivity index (χ3n) is 2.43. The topological polar surface area (TPSA) is 37.3 Å². The Balaban J connectivity index is 2.45. The monoisotopic (exact) mass is 228 g/mol. The van der Waals surface area contributed by atoms with Gasteiger partial charge in [0.25, 0.3) is 0 Å². The number of hydrogen-bond acceptors (Lipinski definition) is 2. The van der Waals surface area contributed by atoms with Gasteiger partial charge in [0.2, 0.25) is 0 Å². The first-order chi connectivity index (χ1) is 6.61. The molecule has 0 bridgehead atoms. The Hall–Kier alpha value is -0.670. The summed E-state index contributed by atoms with van der Waals surface area (Å²) in [5.74, 6) is -0.735.